The maximum Gasteiger partial charge on any atom is 0.213 e. The second kappa shape index (κ2) is 8.33. The number of hydrogen-bond donors (Lipinski definition) is 2. The third-order valence-electron chi connectivity index (χ3n) is 3.44. The molecular weight excluding hydrogens is 310 g/mol. The minimum atomic E-state index is 0.132. The van der Waals surface area contributed by atoms with Crippen LogP contribution in [0.3, 0.4) is 0 Å². The number of ether oxygens (including phenoxy) is 2. The van der Waals surface area contributed by atoms with E-state index in [0.717, 1.165) is 23.4 Å². The van der Waals surface area contributed by atoms with Gasteiger partial charge in [0.2, 0.25) is 5.88 Å². The van der Waals surface area contributed by atoms with Gasteiger partial charge in [0.1, 0.15) is 5.75 Å². The number of hydrogen-bond acceptors (Lipinski definition) is 4. The molecular formula is C17H21N3O2S. The number of methoxy groups -OCH3 is 2. The van der Waals surface area contributed by atoms with Gasteiger partial charge < -0.3 is 20.1 Å². The van der Waals surface area contributed by atoms with E-state index in [2.05, 4.69) is 22.5 Å². The summed E-state index contributed by atoms with van der Waals surface area (Å²) < 4.78 is 10.2. The van der Waals surface area contributed by atoms with Crippen LogP contribution in [0.4, 0.5) is 5.69 Å². The molecule has 0 saturated heterocycles. The fourth-order valence-corrected chi connectivity index (χ4v) is 2.42. The first-order valence-corrected chi connectivity index (χ1v) is 7.78. The summed E-state index contributed by atoms with van der Waals surface area (Å²) in [5, 5.41) is 7.00. The Labute approximate surface area is 142 Å². The summed E-state index contributed by atoms with van der Waals surface area (Å²) in [6, 6.07) is 11.8. The predicted molar refractivity (Wildman–Crippen MR) is 96.2 cm³/mol. The highest BCUT2D eigenvalue weighted by Gasteiger charge is 2.11. The van der Waals surface area contributed by atoms with Gasteiger partial charge in [-0.15, -0.1) is 0 Å². The number of aromatic nitrogens is 1. The number of pyridine rings is 1. The number of thiocarbonyl (C=S) groups is 1. The summed E-state index contributed by atoms with van der Waals surface area (Å²) in [6.45, 7) is 2.11. The Morgan fingerprint density at radius 2 is 1.87 bits per heavy atom. The van der Waals surface area contributed by atoms with Crippen molar-refractivity contribution in [2.45, 2.75) is 19.4 Å². The van der Waals surface area contributed by atoms with E-state index in [-0.39, 0.29) is 6.04 Å². The lowest BCUT2D eigenvalue weighted by Crippen LogP contribution is -2.32. The summed E-state index contributed by atoms with van der Waals surface area (Å²) >= 11 is 5.38. The summed E-state index contributed by atoms with van der Waals surface area (Å²) in [7, 11) is 3.24. The highest BCUT2D eigenvalue weighted by atomic mass is 32.1. The Bertz CT molecular complexity index is 629. The fourth-order valence-electron chi connectivity index (χ4n) is 2.16. The molecule has 0 unspecified atom stereocenters. The Morgan fingerprint density at radius 1 is 1.13 bits per heavy atom. The maximum absolute atomic E-state index is 5.38. The van der Waals surface area contributed by atoms with Crippen molar-refractivity contribution in [3.63, 3.8) is 0 Å². The van der Waals surface area contributed by atoms with Gasteiger partial charge >= 0.3 is 0 Å². The van der Waals surface area contributed by atoms with E-state index < -0.39 is 0 Å². The lowest BCUT2D eigenvalue weighted by molar-refractivity contribution is 0.398. The van der Waals surface area contributed by atoms with Gasteiger partial charge in [-0.25, -0.2) is 4.98 Å². The molecule has 1 atom stereocenters. The van der Waals surface area contributed by atoms with Crippen LogP contribution in [-0.4, -0.2) is 24.3 Å². The number of benzene rings is 1. The predicted octanol–water partition coefficient (Wildman–Crippen LogP) is 3.54. The summed E-state index contributed by atoms with van der Waals surface area (Å²) in [5.74, 6) is 1.41. The summed E-state index contributed by atoms with van der Waals surface area (Å²) in [5.41, 5.74) is 1.97. The zero-order valence-electron chi connectivity index (χ0n) is 13.5. The number of anilines is 1. The van der Waals surface area contributed by atoms with E-state index in [1.54, 1.807) is 26.5 Å². The van der Waals surface area contributed by atoms with Crippen molar-refractivity contribution in [2.24, 2.45) is 0 Å². The highest BCUT2D eigenvalue weighted by Crippen LogP contribution is 2.20. The van der Waals surface area contributed by atoms with Gasteiger partial charge in [-0.2, -0.15) is 0 Å². The zero-order chi connectivity index (χ0) is 16.7. The molecule has 2 N–H and O–H groups in total. The van der Waals surface area contributed by atoms with Gasteiger partial charge in [-0.05, 0) is 42.4 Å². The molecule has 5 nitrogen and oxygen atoms in total. The molecule has 1 aromatic carbocycles. The number of nitrogens with zero attached hydrogens (tertiary/aromatic N) is 1. The number of rotatable bonds is 6. The van der Waals surface area contributed by atoms with Crippen molar-refractivity contribution in [3.05, 3.63) is 48.2 Å². The molecule has 2 rings (SSSR count). The van der Waals surface area contributed by atoms with Crippen molar-refractivity contribution in [1.29, 1.82) is 0 Å². The second-order valence-corrected chi connectivity index (χ2v) is 5.33. The van der Waals surface area contributed by atoms with Gasteiger partial charge in [0, 0.05) is 6.07 Å². The van der Waals surface area contributed by atoms with E-state index in [1.807, 2.05) is 30.3 Å². The van der Waals surface area contributed by atoms with Crippen LogP contribution in [0.25, 0.3) is 0 Å². The van der Waals surface area contributed by atoms with Crippen LogP contribution in [0, 0.1) is 0 Å². The molecule has 0 aliphatic rings. The maximum atomic E-state index is 5.38. The summed E-state index contributed by atoms with van der Waals surface area (Å²) in [6.07, 6.45) is 2.59. The molecule has 1 aromatic heterocycles. The van der Waals surface area contributed by atoms with E-state index >= 15 is 0 Å². The zero-order valence-corrected chi connectivity index (χ0v) is 14.3. The van der Waals surface area contributed by atoms with E-state index in [0.29, 0.717) is 11.0 Å². The molecule has 0 amide bonds. The molecule has 2 aromatic rings. The van der Waals surface area contributed by atoms with Crippen LogP contribution in [0.1, 0.15) is 24.9 Å². The smallest absolute Gasteiger partial charge is 0.213 e. The monoisotopic (exact) mass is 331 g/mol. The van der Waals surface area contributed by atoms with Gasteiger partial charge in [0.15, 0.2) is 5.11 Å². The Hall–Kier alpha value is -2.34. The molecule has 0 spiro atoms. The molecule has 0 aliphatic carbocycles. The minimum Gasteiger partial charge on any atom is -0.497 e. The van der Waals surface area contributed by atoms with Crippen LogP contribution >= 0.6 is 12.2 Å². The lowest BCUT2D eigenvalue weighted by Gasteiger charge is -2.20. The van der Waals surface area contributed by atoms with Crippen molar-refractivity contribution < 1.29 is 9.47 Å². The minimum absolute atomic E-state index is 0.132. The van der Waals surface area contributed by atoms with Crippen LogP contribution in [0.5, 0.6) is 11.6 Å². The van der Waals surface area contributed by atoms with E-state index in [9.17, 15) is 0 Å². The molecule has 0 radical (unpaired) electrons. The van der Waals surface area contributed by atoms with Crippen molar-refractivity contribution in [1.82, 2.24) is 10.3 Å². The highest BCUT2D eigenvalue weighted by molar-refractivity contribution is 7.80. The summed E-state index contributed by atoms with van der Waals surface area (Å²) in [4.78, 5) is 4.14. The SMILES string of the molecule is CC[C@H](NC(=S)Nc1ccc(OC)nc1)c1ccc(OC)cc1. The van der Waals surface area contributed by atoms with Crippen LogP contribution in [0.2, 0.25) is 0 Å². The van der Waals surface area contributed by atoms with Crippen LogP contribution in [-0.2, 0) is 0 Å². The van der Waals surface area contributed by atoms with Crippen LogP contribution in [0.15, 0.2) is 42.6 Å². The Morgan fingerprint density at radius 3 is 2.39 bits per heavy atom. The fraction of sp³-hybridized carbons (Fsp3) is 0.294. The second-order valence-electron chi connectivity index (χ2n) is 4.92. The van der Waals surface area contributed by atoms with Crippen molar-refractivity contribution >= 4 is 23.0 Å². The van der Waals surface area contributed by atoms with E-state index in [1.165, 1.54) is 0 Å². The Kier molecular flexibility index (Phi) is 6.17. The van der Waals surface area contributed by atoms with Crippen molar-refractivity contribution in [3.8, 4) is 11.6 Å². The van der Waals surface area contributed by atoms with Gasteiger partial charge in [-0.1, -0.05) is 19.1 Å². The van der Waals surface area contributed by atoms with Crippen LogP contribution < -0.4 is 20.1 Å². The molecule has 23 heavy (non-hydrogen) atoms. The first kappa shape index (κ1) is 17.0. The normalized spacial score (nSPS) is 11.4. The Balaban J connectivity index is 1.97. The third-order valence-corrected chi connectivity index (χ3v) is 3.66. The van der Waals surface area contributed by atoms with E-state index in [4.69, 9.17) is 21.7 Å². The average molecular weight is 331 g/mol. The van der Waals surface area contributed by atoms with Gasteiger partial charge in [-0.3, -0.25) is 0 Å². The molecule has 6 heteroatoms. The molecule has 1 heterocycles. The third kappa shape index (κ3) is 4.82. The standard InChI is InChI=1S/C17H21N3O2S/c1-4-15(12-5-8-14(21-2)9-6-12)20-17(23)19-13-7-10-16(22-3)18-11-13/h5-11,15H,4H2,1-3H3,(H2,19,20,23)/t15-/m0/s1. The molecule has 0 aliphatic heterocycles. The van der Waals surface area contributed by atoms with Crippen molar-refractivity contribution in [2.75, 3.05) is 19.5 Å². The van der Waals surface area contributed by atoms with Gasteiger partial charge in [0.25, 0.3) is 0 Å². The average Bonchev–Trinajstić information content (AvgIpc) is 2.60. The first-order valence-electron chi connectivity index (χ1n) is 7.37. The van der Waals surface area contributed by atoms with Gasteiger partial charge in [0.05, 0.1) is 32.1 Å². The first-order chi connectivity index (χ1) is 11.2. The topological polar surface area (TPSA) is 55.4 Å². The largest absolute Gasteiger partial charge is 0.497 e. The molecule has 0 bridgehead atoms. The molecule has 0 saturated carbocycles. The lowest BCUT2D eigenvalue weighted by atomic mass is 10.0. The number of nitrogens with one attached hydrogen (secondary N) is 2. The quantitative estimate of drug-likeness (QED) is 0.790. The molecule has 0 fully saturated rings. The molecule has 122 valence electrons.